The average Bonchev–Trinajstić information content (AvgIpc) is 3.50. The minimum atomic E-state index is -0.281. The Morgan fingerprint density at radius 2 is 1.93 bits per heavy atom. The normalized spacial score (nSPS) is 23.0. The van der Waals surface area contributed by atoms with Gasteiger partial charge in [-0.05, 0) is 69.0 Å². The number of nitrogens with two attached hydrogens (primary N) is 1. The predicted octanol–water partition coefficient (Wildman–Crippen LogP) is 4.47. The van der Waals surface area contributed by atoms with Crippen molar-refractivity contribution in [2.45, 2.75) is 58.6 Å². The maximum absolute atomic E-state index is 6.48. The van der Waals surface area contributed by atoms with Crippen LogP contribution in [0.4, 0.5) is 17.2 Å². The minimum Gasteiger partial charge on any atom is -0.378 e. The zero-order valence-corrected chi connectivity index (χ0v) is 25.4. The monoisotopic (exact) mass is 561 g/mol. The van der Waals surface area contributed by atoms with Gasteiger partial charge in [-0.15, -0.1) is 0 Å². The van der Waals surface area contributed by atoms with Crippen molar-refractivity contribution < 1.29 is 9.47 Å². The Morgan fingerprint density at radius 3 is 2.63 bits per heavy atom. The molecule has 0 saturated carbocycles. The number of rotatable bonds is 11. The molecule has 2 aliphatic heterocycles. The number of aliphatic imine (C=N–C) groups is 1. The first-order chi connectivity index (χ1) is 19.7. The van der Waals surface area contributed by atoms with Gasteiger partial charge in [-0.1, -0.05) is 19.9 Å². The molecule has 1 fully saturated rings. The van der Waals surface area contributed by atoms with E-state index >= 15 is 0 Å². The van der Waals surface area contributed by atoms with Crippen molar-refractivity contribution in [3.63, 3.8) is 0 Å². The smallest absolute Gasteiger partial charge is 0.134 e. The van der Waals surface area contributed by atoms with Gasteiger partial charge in [0, 0.05) is 61.3 Å². The molecule has 0 bridgehead atoms. The molecule has 5 rings (SSSR count). The third kappa shape index (κ3) is 6.52. The van der Waals surface area contributed by atoms with Crippen LogP contribution in [0.5, 0.6) is 0 Å². The predicted molar refractivity (Wildman–Crippen MR) is 168 cm³/mol. The van der Waals surface area contributed by atoms with Gasteiger partial charge in [0.2, 0.25) is 0 Å². The van der Waals surface area contributed by atoms with E-state index in [4.69, 9.17) is 20.2 Å². The van der Waals surface area contributed by atoms with Crippen LogP contribution < -0.4 is 26.2 Å². The molecule has 0 amide bonds. The standard InChI is InChI=1S/C32H47N7O2/c1-6-31(2,3)41-21-32(4)20-39(28-14-8-23-7-13-27(33)29(23)37-28)30(26(32)19-34-5)36-22-35-24-9-11-25(12-10-24)38-15-17-40-18-16-38/h8-12,14,19,27,35-36H,6-7,13,15-18,20-22,33H2,1-5H3. The zero-order valence-electron chi connectivity index (χ0n) is 25.4. The van der Waals surface area contributed by atoms with Gasteiger partial charge < -0.3 is 35.6 Å². The summed E-state index contributed by atoms with van der Waals surface area (Å²) in [5, 5.41) is 7.23. The maximum Gasteiger partial charge on any atom is 0.134 e. The second kappa shape index (κ2) is 12.4. The fourth-order valence-electron chi connectivity index (χ4n) is 5.72. The number of aryl methyl sites for hydroxylation is 1. The number of nitrogens with zero attached hydrogens (tertiary/aromatic N) is 4. The molecule has 0 spiro atoms. The van der Waals surface area contributed by atoms with E-state index in [-0.39, 0.29) is 17.1 Å². The Bertz CT molecular complexity index is 1250. The highest BCUT2D eigenvalue weighted by atomic mass is 16.5. The first kappa shape index (κ1) is 29.4. The molecule has 4 N–H and O–H groups in total. The Morgan fingerprint density at radius 1 is 1.17 bits per heavy atom. The van der Waals surface area contributed by atoms with Crippen molar-refractivity contribution in [2.24, 2.45) is 16.1 Å². The second-order valence-corrected chi connectivity index (χ2v) is 12.2. The number of anilines is 3. The van der Waals surface area contributed by atoms with E-state index in [1.165, 1.54) is 11.3 Å². The minimum absolute atomic E-state index is 0.00760. The molecule has 2 aromatic rings. The van der Waals surface area contributed by atoms with E-state index in [2.05, 4.69) is 89.5 Å². The summed E-state index contributed by atoms with van der Waals surface area (Å²) in [5.74, 6) is 1.89. The van der Waals surface area contributed by atoms with Crippen LogP contribution in [0.1, 0.15) is 57.8 Å². The highest BCUT2D eigenvalue weighted by Gasteiger charge is 2.43. The van der Waals surface area contributed by atoms with Gasteiger partial charge in [-0.2, -0.15) is 0 Å². The topological polar surface area (TPSA) is 100 Å². The Balaban J connectivity index is 1.38. The molecule has 1 aliphatic carbocycles. The van der Waals surface area contributed by atoms with Crippen molar-refractivity contribution in [1.29, 1.82) is 0 Å². The molecule has 9 nitrogen and oxygen atoms in total. The van der Waals surface area contributed by atoms with Crippen LogP contribution in [-0.2, 0) is 15.9 Å². The number of nitrogens with one attached hydrogen (secondary N) is 2. The zero-order chi connectivity index (χ0) is 29.0. The number of hydrogen-bond acceptors (Lipinski definition) is 9. The fourth-order valence-corrected chi connectivity index (χ4v) is 5.72. The molecule has 222 valence electrons. The molecule has 1 aromatic heterocycles. The molecule has 9 heteroatoms. The molecule has 2 unspecified atom stereocenters. The molecule has 2 atom stereocenters. The summed E-state index contributed by atoms with van der Waals surface area (Å²) in [6.45, 7) is 14.0. The maximum atomic E-state index is 6.48. The van der Waals surface area contributed by atoms with Crippen molar-refractivity contribution in [3.05, 3.63) is 59.0 Å². The van der Waals surface area contributed by atoms with Crippen LogP contribution >= 0.6 is 0 Å². The quantitative estimate of drug-likeness (QED) is 0.273. The van der Waals surface area contributed by atoms with E-state index in [9.17, 15) is 0 Å². The highest BCUT2D eigenvalue weighted by molar-refractivity contribution is 5.84. The average molecular weight is 562 g/mol. The van der Waals surface area contributed by atoms with Gasteiger partial charge in [0.1, 0.15) is 11.6 Å². The summed E-state index contributed by atoms with van der Waals surface area (Å²) < 4.78 is 12.0. The van der Waals surface area contributed by atoms with Crippen LogP contribution in [0.25, 0.3) is 0 Å². The third-order valence-electron chi connectivity index (χ3n) is 8.72. The molecule has 0 radical (unpaired) electrons. The van der Waals surface area contributed by atoms with Crippen molar-refractivity contribution >= 4 is 23.4 Å². The van der Waals surface area contributed by atoms with Crippen LogP contribution in [0, 0.1) is 5.41 Å². The van der Waals surface area contributed by atoms with Gasteiger partial charge in [-0.3, -0.25) is 4.99 Å². The molecule has 1 aromatic carbocycles. The van der Waals surface area contributed by atoms with E-state index < -0.39 is 0 Å². The van der Waals surface area contributed by atoms with E-state index in [1.807, 2.05) is 13.3 Å². The molecule has 41 heavy (non-hydrogen) atoms. The van der Waals surface area contributed by atoms with E-state index in [0.717, 1.165) is 80.7 Å². The lowest BCUT2D eigenvalue weighted by atomic mass is 9.85. The summed E-state index contributed by atoms with van der Waals surface area (Å²) >= 11 is 0. The summed E-state index contributed by atoms with van der Waals surface area (Å²) in [6.07, 6.45) is 4.86. The number of benzene rings is 1. The lowest BCUT2D eigenvalue weighted by Crippen LogP contribution is -2.37. The molecule has 3 heterocycles. The van der Waals surface area contributed by atoms with Gasteiger partial charge in [0.15, 0.2) is 0 Å². The largest absolute Gasteiger partial charge is 0.378 e. The molecular formula is C32H47N7O2. The summed E-state index contributed by atoms with van der Waals surface area (Å²) in [4.78, 5) is 14.2. The number of hydrogen-bond donors (Lipinski definition) is 3. The van der Waals surface area contributed by atoms with Gasteiger partial charge >= 0.3 is 0 Å². The number of pyridine rings is 1. The van der Waals surface area contributed by atoms with Crippen molar-refractivity contribution in [2.75, 3.05) is 68.3 Å². The third-order valence-corrected chi connectivity index (χ3v) is 8.72. The first-order valence-corrected chi connectivity index (χ1v) is 15.0. The Kier molecular flexibility index (Phi) is 8.87. The van der Waals surface area contributed by atoms with Gasteiger partial charge in [0.05, 0.1) is 37.8 Å². The SMILES string of the molecule is CCC(C)(C)OCC1(C)CN(c2ccc3c(n2)C(N)CC3)C(NCNc2ccc(N3CCOCC3)cc2)=C1C=NC. The molecular weight excluding hydrogens is 514 g/mol. The summed E-state index contributed by atoms with van der Waals surface area (Å²) in [7, 11) is 1.82. The van der Waals surface area contributed by atoms with Gasteiger partial charge in [0.25, 0.3) is 0 Å². The fraction of sp³-hybridized carbons (Fsp3) is 0.562. The number of fused-ring (bicyclic) bond motifs is 1. The molecule has 3 aliphatic rings. The van der Waals surface area contributed by atoms with Crippen molar-refractivity contribution in [3.8, 4) is 0 Å². The number of ether oxygens (including phenoxy) is 2. The van der Waals surface area contributed by atoms with Gasteiger partial charge in [-0.25, -0.2) is 4.98 Å². The lowest BCUT2D eigenvalue weighted by Gasteiger charge is -2.32. The summed E-state index contributed by atoms with van der Waals surface area (Å²) in [5.41, 5.74) is 11.6. The Labute approximate surface area is 245 Å². The highest BCUT2D eigenvalue weighted by Crippen LogP contribution is 2.41. The number of morpholine rings is 1. The van der Waals surface area contributed by atoms with Crippen molar-refractivity contribution in [1.82, 2.24) is 10.3 Å². The lowest BCUT2D eigenvalue weighted by molar-refractivity contribution is -0.0478. The van der Waals surface area contributed by atoms with Crippen LogP contribution in [0.3, 0.4) is 0 Å². The van der Waals surface area contributed by atoms with E-state index in [1.54, 1.807) is 0 Å². The Hall–Kier alpha value is -3.14. The first-order valence-electron chi connectivity index (χ1n) is 15.0. The number of aromatic nitrogens is 1. The van der Waals surface area contributed by atoms with E-state index in [0.29, 0.717) is 13.3 Å². The van der Waals surface area contributed by atoms with Crippen LogP contribution in [-0.4, -0.2) is 70.0 Å². The van der Waals surface area contributed by atoms with Crippen LogP contribution in [0.2, 0.25) is 0 Å². The summed E-state index contributed by atoms with van der Waals surface area (Å²) in [6, 6.07) is 12.9. The second-order valence-electron chi connectivity index (χ2n) is 12.2. The van der Waals surface area contributed by atoms with Crippen LogP contribution in [0.15, 0.2) is 52.8 Å². The molecule has 1 saturated heterocycles.